The monoisotopic (exact) mass is 325 g/mol. The van der Waals surface area contributed by atoms with E-state index in [1.165, 1.54) is 6.42 Å². The Morgan fingerprint density at radius 3 is 3.00 bits per heavy atom. The van der Waals surface area contributed by atoms with Crippen molar-refractivity contribution >= 4 is 11.6 Å². The zero-order valence-electron chi connectivity index (χ0n) is 12.8. The highest BCUT2D eigenvalue weighted by molar-refractivity contribution is 6.32. The molecule has 4 nitrogen and oxygen atoms in total. The summed E-state index contributed by atoms with van der Waals surface area (Å²) in [7, 11) is 0. The fourth-order valence-corrected chi connectivity index (χ4v) is 3.76. The molecule has 3 rings (SSSR count). The molecule has 1 aromatic carbocycles. The summed E-state index contributed by atoms with van der Waals surface area (Å²) in [5, 5.41) is 10.9. The van der Waals surface area contributed by atoms with Gasteiger partial charge in [-0.15, -0.1) is 0 Å². The van der Waals surface area contributed by atoms with Crippen molar-refractivity contribution in [2.45, 2.75) is 31.4 Å². The maximum atomic E-state index is 10.2. The normalized spacial score (nSPS) is 29.6. The molecule has 0 unspecified atom stereocenters. The van der Waals surface area contributed by atoms with Gasteiger partial charge in [0.2, 0.25) is 0 Å². The SMILES string of the molecule is O[C@@H]1CCOC[C@@H]1[C@@H]1CCCN1CCOc1ccccc1Cl. The van der Waals surface area contributed by atoms with Gasteiger partial charge in [0.15, 0.2) is 0 Å². The zero-order valence-corrected chi connectivity index (χ0v) is 13.5. The minimum absolute atomic E-state index is 0.233. The Bertz CT molecular complexity index is 485. The predicted molar refractivity (Wildman–Crippen MR) is 86.5 cm³/mol. The third kappa shape index (κ3) is 3.74. The lowest BCUT2D eigenvalue weighted by atomic mass is 9.89. The second kappa shape index (κ2) is 7.64. The summed E-state index contributed by atoms with van der Waals surface area (Å²) in [6.07, 6.45) is 2.84. The van der Waals surface area contributed by atoms with Crippen molar-refractivity contribution in [3.05, 3.63) is 29.3 Å². The summed E-state index contributed by atoms with van der Waals surface area (Å²) in [4.78, 5) is 2.43. The summed E-state index contributed by atoms with van der Waals surface area (Å²) in [6, 6.07) is 7.96. The van der Waals surface area contributed by atoms with Crippen LogP contribution in [0.5, 0.6) is 5.75 Å². The smallest absolute Gasteiger partial charge is 0.137 e. The van der Waals surface area contributed by atoms with Crippen LogP contribution in [-0.4, -0.2) is 55.1 Å². The number of para-hydroxylation sites is 1. The van der Waals surface area contributed by atoms with Crippen molar-refractivity contribution < 1.29 is 14.6 Å². The second-order valence-corrected chi connectivity index (χ2v) is 6.53. The van der Waals surface area contributed by atoms with Crippen LogP contribution in [0.1, 0.15) is 19.3 Å². The molecule has 2 fully saturated rings. The lowest BCUT2D eigenvalue weighted by molar-refractivity contribution is -0.0634. The fraction of sp³-hybridized carbons (Fsp3) is 0.647. The molecule has 2 saturated heterocycles. The van der Waals surface area contributed by atoms with Crippen molar-refractivity contribution in [1.82, 2.24) is 4.90 Å². The first-order chi connectivity index (χ1) is 10.8. The molecular formula is C17H24ClNO3. The van der Waals surface area contributed by atoms with Crippen LogP contribution in [-0.2, 0) is 4.74 Å². The van der Waals surface area contributed by atoms with Crippen LogP contribution in [0.25, 0.3) is 0 Å². The number of benzene rings is 1. The highest BCUT2D eigenvalue weighted by Gasteiger charge is 2.37. The highest BCUT2D eigenvalue weighted by Crippen LogP contribution is 2.30. The summed E-state index contributed by atoms with van der Waals surface area (Å²) in [6.45, 7) is 3.90. The standard InChI is InChI=1S/C17H24ClNO3/c18-14-4-1-2-6-17(14)22-11-9-19-8-3-5-15(19)13-12-21-10-7-16(13)20/h1-2,4,6,13,15-16,20H,3,5,7-12H2/t13-,15+,16-/m1/s1. The lowest BCUT2D eigenvalue weighted by Gasteiger charge is -2.37. The summed E-state index contributed by atoms with van der Waals surface area (Å²) in [5.41, 5.74) is 0. The molecule has 2 aliphatic heterocycles. The molecule has 2 aliphatic rings. The van der Waals surface area contributed by atoms with Crippen molar-refractivity contribution in [3.8, 4) is 5.75 Å². The molecule has 1 aromatic rings. The summed E-state index contributed by atoms with van der Waals surface area (Å²) >= 11 is 6.10. The van der Waals surface area contributed by atoms with E-state index in [1.54, 1.807) is 0 Å². The van der Waals surface area contributed by atoms with E-state index >= 15 is 0 Å². The minimum Gasteiger partial charge on any atom is -0.491 e. The maximum Gasteiger partial charge on any atom is 0.137 e. The van der Waals surface area contributed by atoms with E-state index < -0.39 is 0 Å². The van der Waals surface area contributed by atoms with Gasteiger partial charge in [-0.1, -0.05) is 23.7 Å². The van der Waals surface area contributed by atoms with E-state index in [4.69, 9.17) is 21.1 Å². The lowest BCUT2D eigenvalue weighted by Crippen LogP contribution is -2.47. The number of nitrogens with zero attached hydrogens (tertiary/aromatic N) is 1. The Morgan fingerprint density at radius 1 is 1.32 bits per heavy atom. The average Bonchev–Trinajstić information content (AvgIpc) is 2.98. The van der Waals surface area contributed by atoms with Crippen molar-refractivity contribution in [2.24, 2.45) is 5.92 Å². The first kappa shape index (κ1) is 16.1. The number of hydrogen-bond acceptors (Lipinski definition) is 4. The third-order valence-electron chi connectivity index (χ3n) is 4.74. The number of aliphatic hydroxyl groups is 1. The van der Waals surface area contributed by atoms with E-state index in [0.717, 1.165) is 31.7 Å². The van der Waals surface area contributed by atoms with Gasteiger partial charge in [0.25, 0.3) is 0 Å². The van der Waals surface area contributed by atoms with Crippen LogP contribution in [0.15, 0.2) is 24.3 Å². The molecular weight excluding hydrogens is 302 g/mol. The molecule has 0 bridgehead atoms. The van der Waals surface area contributed by atoms with Crippen LogP contribution in [0, 0.1) is 5.92 Å². The molecule has 1 N–H and O–H groups in total. The van der Waals surface area contributed by atoms with Gasteiger partial charge in [0, 0.05) is 25.1 Å². The van der Waals surface area contributed by atoms with E-state index in [-0.39, 0.29) is 12.0 Å². The summed E-state index contributed by atoms with van der Waals surface area (Å²) in [5.74, 6) is 0.970. The fourth-order valence-electron chi connectivity index (χ4n) is 3.57. The average molecular weight is 326 g/mol. The Labute approximate surface area is 137 Å². The Morgan fingerprint density at radius 2 is 2.18 bits per heavy atom. The van der Waals surface area contributed by atoms with Gasteiger partial charge in [-0.3, -0.25) is 4.90 Å². The molecule has 122 valence electrons. The molecule has 5 heteroatoms. The topological polar surface area (TPSA) is 41.9 Å². The van der Waals surface area contributed by atoms with Gasteiger partial charge in [0.05, 0.1) is 17.7 Å². The second-order valence-electron chi connectivity index (χ2n) is 6.12. The number of hydrogen-bond donors (Lipinski definition) is 1. The van der Waals surface area contributed by atoms with Gasteiger partial charge in [-0.05, 0) is 37.9 Å². The maximum absolute atomic E-state index is 10.2. The van der Waals surface area contributed by atoms with Crippen LogP contribution in [0.4, 0.5) is 0 Å². The predicted octanol–water partition coefficient (Wildman–Crippen LogP) is 2.58. The third-order valence-corrected chi connectivity index (χ3v) is 5.06. The quantitative estimate of drug-likeness (QED) is 0.903. The van der Waals surface area contributed by atoms with Crippen LogP contribution in [0.2, 0.25) is 5.02 Å². The molecule has 0 amide bonds. The van der Waals surface area contributed by atoms with Crippen molar-refractivity contribution in [1.29, 1.82) is 0 Å². The molecule has 0 saturated carbocycles. The van der Waals surface area contributed by atoms with E-state index in [2.05, 4.69) is 4.90 Å². The zero-order chi connectivity index (χ0) is 15.4. The Kier molecular flexibility index (Phi) is 5.58. The first-order valence-corrected chi connectivity index (χ1v) is 8.50. The number of aliphatic hydroxyl groups excluding tert-OH is 1. The first-order valence-electron chi connectivity index (χ1n) is 8.13. The van der Waals surface area contributed by atoms with Crippen molar-refractivity contribution in [2.75, 3.05) is 32.9 Å². The van der Waals surface area contributed by atoms with Gasteiger partial charge in [-0.25, -0.2) is 0 Å². The Hall–Kier alpha value is -0.810. The number of halogens is 1. The van der Waals surface area contributed by atoms with Gasteiger partial charge in [0.1, 0.15) is 12.4 Å². The molecule has 0 spiro atoms. The van der Waals surface area contributed by atoms with E-state index in [9.17, 15) is 5.11 Å². The minimum atomic E-state index is -0.233. The van der Waals surface area contributed by atoms with E-state index in [0.29, 0.717) is 30.9 Å². The van der Waals surface area contributed by atoms with Crippen LogP contribution < -0.4 is 4.74 Å². The largest absolute Gasteiger partial charge is 0.491 e. The van der Waals surface area contributed by atoms with Gasteiger partial charge < -0.3 is 14.6 Å². The van der Waals surface area contributed by atoms with Crippen LogP contribution in [0.3, 0.4) is 0 Å². The number of likely N-dealkylation sites (tertiary alicyclic amines) is 1. The summed E-state index contributed by atoms with van der Waals surface area (Å²) < 4.78 is 11.4. The number of rotatable bonds is 5. The highest BCUT2D eigenvalue weighted by atomic mass is 35.5. The molecule has 22 heavy (non-hydrogen) atoms. The molecule has 2 heterocycles. The van der Waals surface area contributed by atoms with E-state index in [1.807, 2.05) is 24.3 Å². The van der Waals surface area contributed by atoms with Gasteiger partial charge >= 0.3 is 0 Å². The molecule has 0 aromatic heterocycles. The van der Waals surface area contributed by atoms with Gasteiger partial charge in [-0.2, -0.15) is 0 Å². The molecule has 0 aliphatic carbocycles. The molecule has 3 atom stereocenters. The number of ether oxygens (including phenoxy) is 2. The van der Waals surface area contributed by atoms with Crippen molar-refractivity contribution in [3.63, 3.8) is 0 Å². The molecule has 0 radical (unpaired) electrons. The van der Waals surface area contributed by atoms with Crippen LogP contribution >= 0.6 is 11.6 Å². The Balaban J connectivity index is 1.52.